The third kappa shape index (κ3) is 4.05. The first-order valence-electron chi connectivity index (χ1n) is 10.1. The SMILES string of the molecule is CC[C@H](C(=O)Nc1cc(-c2ccco2)nn1-c1nc(C)c(C)c(=O)[nH]1)c1ccccc1. The Bertz CT molecular complexity index is 1260. The van der Waals surface area contributed by atoms with Crippen LogP contribution in [-0.4, -0.2) is 25.7 Å². The second kappa shape index (κ2) is 8.43. The Morgan fingerprint density at radius 2 is 1.97 bits per heavy atom. The van der Waals surface area contributed by atoms with Gasteiger partial charge in [-0.2, -0.15) is 9.78 Å². The van der Waals surface area contributed by atoms with Crippen LogP contribution in [0.15, 0.2) is 64.0 Å². The number of hydrogen-bond acceptors (Lipinski definition) is 5. The van der Waals surface area contributed by atoms with Gasteiger partial charge in [0.2, 0.25) is 11.9 Å². The van der Waals surface area contributed by atoms with Gasteiger partial charge >= 0.3 is 0 Å². The van der Waals surface area contributed by atoms with Gasteiger partial charge in [0.25, 0.3) is 5.56 Å². The van der Waals surface area contributed by atoms with Crippen molar-refractivity contribution in [2.45, 2.75) is 33.1 Å². The molecule has 0 saturated heterocycles. The zero-order chi connectivity index (χ0) is 22.0. The van der Waals surface area contributed by atoms with Gasteiger partial charge in [0, 0.05) is 17.3 Å². The van der Waals surface area contributed by atoms with Crippen LogP contribution in [0.2, 0.25) is 0 Å². The molecule has 31 heavy (non-hydrogen) atoms. The molecular formula is C23H23N5O3. The van der Waals surface area contributed by atoms with Gasteiger partial charge in [-0.25, -0.2) is 4.98 Å². The third-order valence-corrected chi connectivity index (χ3v) is 5.24. The Kier molecular flexibility index (Phi) is 5.53. The van der Waals surface area contributed by atoms with E-state index in [2.05, 4.69) is 20.4 Å². The summed E-state index contributed by atoms with van der Waals surface area (Å²) in [5, 5.41) is 7.47. The highest BCUT2D eigenvalue weighted by molar-refractivity contribution is 5.95. The first-order chi connectivity index (χ1) is 15.0. The van der Waals surface area contributed by atoms with Crippen LogP contribution in [0.5, 0.6) is 0 Å². The standard InChI is InChI=1S/C23H23N5O3/c1-4-17(16-9-6-5-7-10-16)22(30)25-20-13-18(19-11-8-12-31-19)27-28(20)23-24-15(3)14(2)21(29)26-23/h5-13,17H,4H2,1-3H3,(H,25,30)(H,24,26,29)/t17-/m0/s1. The smallest absolute Gasteiger partial charge is 0.255 e. The number of hydrogen-bond donors (Lipinski definition) is 2. The summed E-state index contributed by atoms with van der Waals surface area (Å²) >= 11 is 0. The van der Waals surface area contributed by atoms with Crippen LogP contribution in [0.4, 0.5) is 5.82 Å². The topological polar surface area (TPSA) is 106 Å². The van der Waals surface area contributed by atoms with Crippen LogP contribution in [-0.2, 0) is 4.79 Å². The molecule has 0 bridgehead atoms. The van der Waals surface area contributed by atoms with E-state index in [0.29, 0.717) is 35.0 Å². The zero-order valence-electron chi connectivity index (χ0n) is 17.5. The lowest BCUT2D eigenvalue weighted by molar-refractivity contribution is -0.117. The molecule has 1 aromatic carbocycles. The number of aromatic amines is 1. The number of nitrogens with zero attached hydrogens (tertiary/aromatic N) is 3. The number of amides is 1. The molecule has 8 heteroatoms. The summed E-state index contributed by atoms with van der Waals surface area (Å²) in [6.45, 7) is 5.42. The minimum absolute atomic E-state index is 0.174. The average Bonchev–Trinajstić information content (AvgIpc) is 3.43. The van der Waals surface area contributed by atoms with E-state index in [4.69, 9.17) is 4.42 Å². The van der Waals surface area contributed by atoms with Crippen LogP contribution in [0.3, 0.4) is 0 Å². The van der Waals surface area contributed by atoms with E-state index in [-0.39, 0.29) is 23.3 Å². The van der Waals surface area contributed by atoms with E-state index in [9.17, 15) is 9.59 Å². The number of furan rings is 1. The molecule has 0 radical (unpaired) electrons. The minimum Gasteiger partial charge on any atom is -0.463 e. The third-order valence-electron chi connectivity index (χ3n) is 5.24. The molecule has 1 amide bonds. The predicted octanol–water partition coefficient (Wildman–Crippen LogP) is 3.96. The second-order valence-corrected chi connectivity index (χ2v) is 7.26. The van der Waals surface area contributed by atoms with E-state index in [1.807, 2.05) is 37.3 Å². The van der Waals surface area contributed by atoms with E-state index >= 15 is 0 Å². The van der Waals surface area contributed by atoms with Gasteiger partial charge in [0.05, 0.1) is 12.2 Å². The molecule has 0 aliphatic rings. The molecule has 3 heterocycles. The molecule has 158 valence electrons. The van der Waals surface area contributed by atoms with Crippen LogP contribution in [0, 0.1) is 13.8 Å². The number of nitrogens with one attached hydrogen (secondary N) is 2. The first kappa shape index (κ1) is 20.3. The van der Waals surface area contributed by atoms with Gasteiger partial charge < -0.3 is 9.73 Å². The lowest BCUT2D eigenvalue weighted by Crippen LogP contribution is -2.24. The van der Waals surface area contributed by atoms with Crippen molar-refractivity contribution >= 4 is 11.7 Å². The van der Waals surface area contributed by atoms with Crippen molar-refractivity contribution in [3.63, 3.8) is 0 Å². The molecule has 1 atom stereocenters. The fourth-order valence-corrected chi connectivity index (χ4v) is 3.38. The summed E-state index contributed by atoms with van der Waals surface area (Å²) in [4.78, 5) is 32.6. The highest BCUT2D eigenvalue weighted by atomic mass is 16.3. The summed E-state index contributed by atoms with van der Waals surface area (Å²) in [6.07, 6.45) is 2.18. The molecule has 0 aliphatic carbocycles. The highest BCUT2D eigenvalue weighted by Crippen LogP contribution is 2.26. The summed E-state index contributed by atoms with van der Waals surface area (Å²) in [5.74, 6) is 0.636. The molecule has 3 aromatic heterocycles. The highest BCUT2D eigenvalue weighted by Gasteiger charge is 2.22. The molecule has 0 fully saturated rings. The number of anilines is 1. The Morgan fingerprint density at radius 3 is 2.61 bits per heavy atom. The van der Waals surface area contributed by atoms with Crippen molar-refractivity contribution in [1.82, 2.24) is 19.7 Å². The predicted molar refractivity (Wildman–Crippen MR) is 117 cm³/mol. The Hall–Kier alpha value is -3.94. The number of rotatable bonds is 6. The largest absolute Gasteiger partial charge is 0.463 e. The Balaban J connectivity index is 1.76. The maximum absolute atomic E-state index is 13.1. The van der Waals surface area contributed by atoms with Crippen molar-refractivity contribution in [2.24, 2.45) is 0 Å². The normalized spacial score (nSPS) is 12.0. The first-order valence-corrected chi connectivity index (χ1v) is 10.1. The number of benzene rings is 1. The lowest BCUT2D eigenvalue weighted by atomic mass is 9.96. The van der Waals surface area contributed by atoms with E-state index in [1.165, 1.54) is 4.68 Å². The summed E-state index contributed by atoms with van der Waals surface area (Å²) in [5.41, 5.74) is 2.29. The minimum atomic E-state index is -0.330. The molecule has 4 rings (SSSR count). The fourth-order valence-electron chi connectivity index (χ4n) is 3.38. The fraction of sp³-hybridized carbons (Fsp3) is 0.217. The van der Waals surface area contributed by atoms with Crippen LogP contribution in [0.25, 0.3) is 17.4 Å². The molecular weight excluding hydrogens is 394 g/mol. The van der Waals surface area contributed by atoms with Crippen molar-refractivity contribution in [2.75, 3.05) is 5.32 Å². The molecule has 0 spiro atoms. The van der Waals surface area contributed by atoms with Crippen LogP contribution < -0.4 is 10.9 Å². The van der Waals surface area contributed by atoms with Gasteiger partial charge in [-0.15, -0.1) is 0 Å². The molecule has 0 unspecified atom stereocenters. The number of H-pyrrole nitrogens is 1. The molecule has 8 nitrogen and oxygen atoms in total. The number of aryl methyl sites for hydroxylation is 1. The van der Waals surface area contributed by atoms with E-state index in [0.717, 1.165) is 5.56 Å². The molecule has 4 aromatic rings. The Morgan fingerprint density at radius 1 is 1.19 bits per heavy atom. The van der Waals surface area contributed by atoms with Gasteiger partial charge in [0.1, 0.15) is 11.5 Å². The van der Waals surface area contributed by atoms with Crippen molar-refractivity contribution < 1.29 is 9.21 Å². The van der Waals surface area contributed by atoms with Crippen LogP contribution in [0.1, 0.15) is 36.1 Å². The summed E-state index contributed by atoms with van der Waals surface area (Å²) in [6, 6.07) is 14.8. The second-order valence-electron chi connectivity index (χ2n) is 7.26. The maximum atomic E-state index is 13.1. The van der Waals surface area contributed by atoms with E-state index in [1.54, 1.807) is 38.3 Å². The summed E-state index contributed by atoms with van der Waals surface area (Å²) < 4.78 is 6.87. The van der Waals surface area contributed by atoms with Crippen LogP contribution >= 0.6 is 0 Å². The number of carbonyl (C=O) groups excluding carboxylic acids is 1. The maximum Gasteiger partial charge on any atom is 0.255 e. The van der Waals surface area contributed by atoms with Gasteiger partial charge in [0.15, 0.2) is 5.76 Å². The quantitative estimate of drug-likeness (QED) is 0.494. The van der Waals surface area contributed by atoms with E-state index < -0.39 is 0 Å². The molecule has 0 saturated carbocycles. The summed E-state index contributed by atoms with van der Waals surface area (Å²) in [7, 11) is 0. The zero-order valence-corrected chi connectivity index (χ0v) is 17.5. The molecule has 2 N–H and O–H groups in total. The lowest BCUT2D eigenvalue weighted by Gasteiger charge is -2.16. The average molecular weight is 417 g/mol. The van der Waals surface area contributed by atoms with Gasteiger partial charge in [-0.3, -0.25) is 14.6 Å². The van der Waals surface area contributed by atoms with Crippen molar-refractivity contribution in [3.05, 3.63) is 82.0 Å². The van der Waals surface area contributed by atoms with Gasteiger partial charge in [-0.1, -0.05) is 37.3 Å². The van der Waals surface area contributed by atoms with Crippen molar-refractivity contribution in [3.8, 4) is 17.4 Å². The Labute approximate surface area is 179 Å². The molecule has 0 aliphatic heterocycles. The van der Waals surface area contributed by atoms with Gasteiger partial charge in [-0.05, 0) is 38.0 Å². The number of carbonyl (C=O) groups is 1. The van der Waals surface area contributed by atoms with Crippen molar-refractivity contribution in [1.29, 1.82) is 0 Å². The monoisotopic (exact) mass is 417 g/mol. The number of aromatic nitrogens is 4.